The minimum atomic E-state index is -1.36. The topological polar surface area (TPSA) is 166 Å². The van der Waals surface area contributed by atoms with E-state index in [1.54, 1.807) is 39.4 Å². The third-order valence-electron chi connectivity index (χ3n) is 13.8. The molecule has 1 amide bonds. The second-order valence-corrected chi connectivity index (χ2v) is 18.4. The summed E-state index contributed by atoms with van der Waals surface area (Å²) in [6.45, 7) is 14.9. The number of likely N-dealkylation sites (N-methyl/N-ethyl adjacent to an activating group) is 1. The van der Waals surface area contributed by atoms with Crippen LogP contribution in [0.2, 0.25) is 0 Å². The standard InChI is InChI=1S/C49H66N4O9/c1-10-37-23-40(54)31(4)43(57)33(6)46(62-47-44(58)39(21-30(3)61-47)53(9)27-35-15-13-19-50-25-35)48(7,59-20-14-16-34-22-36-17-11-12-18-38(36)51-26-34)24-29(2)42(56)32(5)45-49(37,8)60-28-41(55)52-45/h11-19,22,25-26,29-33,37,39,44-47,58H,10,20-21,23-24,27-28H2,1-9H3,(H,52,55)/b16-14+/t29-,30-,31+,32+,33+,37+,39+,44-,45-,46-,47+,48-,49-/m1/s1. The summed E-state index contributed by atoms with van der Waals surface area (Å²) in [4.78, 5) is 67.5. The number of nitrogens with one attached hydrogen (secondary N) is 1. The molecule has 1 saturated carbocycles. The minimum Gasteiger partial charge on any atom is -0.386 e. The Morgan fingerprint density at radius 1 is 1.00 bits per heavy atom. The highest BCUT2D eigenvalue weighted by molar-refractivity contribution is 6.03. The molecule has 0 radical (unpaired) electrons. The number of pyridine rings is 2. The van der Waals surface area contributed by atoms with Gasteiger partial charge in [0, 0.05) is 60.7 Å². The molecule has 3 aromatic rings. The summed E-state index contributed by atoms with van der Waals surface area (Å²) in [5, 5.41) is 16.1. The molecule has 1 aliphatic carbocycles. The Kier molecular flexibility index (Phi) is 15.3. The number of Topliss-reactive ketones (excluding diaryl/α,β-unsaturated/α-hetero) is 3. The summed E-state index contributed by atoms with van der Waals surface area (Å²) in [7, 11) is 1.93. The van der Waals surface area contributed by atoms with E-state index in [0.717, 1.165) is 22.0 Å². The molecule has 13 nitrogen and oxygen atoms in total. The zero-order chi connectivity index (χ0) is 44.9. The lowest BCUT2D eigenvalue weighted by Gasteiger charge is -2.49. The molecule has 2 N–H and O–H groups in total. The van der Waals surface area contributed by atoms with Crippen LogP contribution in [0.15, 0.2) is 67.1 Å². The third kappa shape index (κ3) is 10.4. The quantitative estimate of drug-likeness (QED) is 0.224. The van der Waals surface area contributed by atoms with Gasteiger partial charge in [-0.2, -0.15) is 0 Å². The highest BCUT2D eigenvalue weighted by Crippen LogP contribution is 2.41. The molecule has 0 unspecified atom stereocenters. The van der Waals surface area contributed by atoms with Crippen molar-refractivity contribution in [1.29, 1.82) is 0 Å². The van der Waals surface area contributed by atoms with E-state index in [-0.39, 0.29) is 61.5 Å². The number of aromatic nitrogens is 2. The van der Waals surface area contributed by atoms with Gasteiger partial charge in [0.1, 0.15) is 30.1 Å². The minimum absolute atomic E-state index is 0.0100. The fourth-order valence-corrected chi connectivity index (χ4v) is 10.1. The number of fused-ring (bicyclic) bond motifs is 2. The Bertz CT molecular complexity index is 2080. The number of hydrogen-bond acceptors (Lipinski definition) is 12. The summed E-state index contributed by atoms with van der Waals surface area (Å²) in [5.74, 6) is -4.81. The monoisotopic (exact) mass is 854 g/mol. The number of para-hydroxylation sites is 1. The van der Waals surface area contributed by atoms with Gasteiger partial charge in [-0.1, -0.05) is 70.5 Å². The number of carbonyl (C=O) groups excluding carboxylic acids is 4. The predicted octanol–water partition coefficient (Wildman–Crippen LogP) is 6.15. The molecule has 2 saturated heterocycles. The maximum atomic E-state index is 14.8. The summed E-state index contributed by atoms with van der Waals surface area (Å²) >= 11 is 0. The van der Waals surface area contributed by atoms with Gasteiger partial charge in [-0.15, -0.1) is 0 Å². The number of ether oxygens (including phenoxy) is 4. The number of ketones is 3. The van der Waals surface area contributed by atoms with Crippen LogP contribution in [0.4, 0.5) is 0 Å². The molecule has 6 rings (SSSR count). The highest BCUT2D eigenvalue weighted by Gasteiger charge is 2.54. The number of aliphatic hydroxyl groups excluding tert-OH is 1. The van der Waals surface area contributed by atoms with Crippen molar-refractivity contribution in [2.24, 2.45) is 29.6 Å². The molecule has 4 heterocycles. The molecule has 1 aromatic carbocycles. The van der Waals surface area contributed by atoms with Crippen LogP contribution in [0.5, 0.6) is 0 Å². The lowest BCUT2D eigenvalue weighted by atomic mass is 9.68. The summed E-state index contributed by atoms with van der Waals surface area (Å²) < 4.78 is 26.4. The predicted molar refractivity (Wildman–Crippen MR) is 235 cm³/mol. The van der Waals surface area contributed by atoms with Gasteiger partial charge in [-0.3, -0.25) is 34.0 Å². The molecule has 13 heteroatoms. The molecule has 3 aliphatic rings. The third-order valence-corrected chi connectivity index (χ3v) is 13.8. The van der Waals surface area contributed by atoms with E-state index in [1.165, 1.54) is 0 Å². The van der Waals surface area contributed by atoms with Gasteiger partial charge >= 0.3 is 0 Å². The van der Waals surface area contributed by atoms with Crippen LogP contribution in [0, 0.1) is 29.6 Å². The number of benzene rings is 1. The number of hydrogen-bond donors (Lipinski definition) is 2. The second kappa shape index (κ2) is 20.1. The first-order valence-corrected chi connectivity index (χ1v) is 22.2. The molecule has 13 atom stereocenters. The van der Waals surface area contributed by atoms with Crippen molar-refractivity contribution in [1.82, 2.24) is 20.2 Å². The molecule has 336 valence electrons. The summed E-state index contributed by atoms with van der Waals surface area (Å²) in [6, 6.07) is 12.6. The molecule has 2 aromatic heterocycles. The second-order valence-electron chi connectivity index (χ2n) is 18.4. The molecule has 0 spiro atoms. The van der Waals surface area contributed by atoms with Crippen LogP contribution in [0.25, 0.3) is 17.0 Å². The van der Waals surface area contributed by atoms with Crippen LogP contribution < -0.4 is 5.32 Å². The number of amides is 1. The van der Waals surface area contributed by atoms with Gasteiger partial charge in [0.25, 0.3) is 0 Å². The SMILES string of the molecule is CC[C@H]1CC(=O)[C@H](C)C(=O)[C@H](C)[C@@H](O[C@@H]2O[C@H](C)C[C@H](N(C)Cc3cccnc3)[C@H]2O)[C@](C)(OC/C=C/c2cnc3ccccc3c2)C[C@@H](C)C(=O)[C@H](C)[C@H]2NC(=O)CO[C@]12C. The van der Waals surface area contributed by atoms with Gasteiger partial charge in [-0.25, -0.2) is 0 Å². The van der Waals surface area contributed by atoms with E-state index in [9.17, 15) is 24.3 Å². The van der Waals surface area contributed by atoms with Crippen LogP contribution in [-0.2, 0) is 44.7 Å². The first-order chi connectivity index (χ1) is 29.4. The molecule has 62 heavy (non-hydrogen) atoms. The van der Waals surface area contributed by atoms with E-state index in [1.807, 2.05) is 96.3 Å². The average Bonchev–Trinajstić information content (AvgIpc) is 3.26. The molecule has 3 fully saturated rings. The van der Waals surface area contributed by atoms with E-state index in [0.29, 0.717) is 19.4 Å². The Morgan fingerprint density at radius 2 is 1.76 bits per heavy atom. The van der Waals surface area contributed by atoms with Crippen molar-refractivity contribution in [2.75, 3.05) is 20.3 Å². The first kappa shape index (κ1) is 47.2. The zero-order valence-corrected chi connectivity index (χ0v) is 37.8. The van der Waals surface area contributed by atoms with E-state index in [4.69, 9.17) is 18.9 Å². The highest BCUT2D eigenvalue weighted by atomic mass is 16.7. The van der Waals surface area contributed by atoms with Crippen LogP contribution >= 0.6 is 0 Å². The zero-order valence-electron chi connectivity index (χ0n) is 37.8. The number of carbonyl (C=O) groups is 4. The molecule has 2 aliphatic heterocycles. The number of rotatable bonds is 10. The summed E-state index contributed by atoms with van der Waals surface area (Å²) in [6.07, 6.45) is 6.47. The first-order valence-electron chi connectivity index (χ1n) is 22.2. The fraction of sp³-hybridized carbons (Fsp3) is 0.592. The van der Waals surface area contributed by atoms with Crippen molar-refractivity contribution in [3.8, 4) is 0 Å². The Balaban J connectivity index is 1.38. The van der Waals surface area contributed by atoms with E-state index < -0.39 is 65.3 Å². The van der Waals surface area contributed by atoms with Gasteiger partial charge in [0.05, 0.1) is 47.5 Å². The van der Waals surface area contributed by atoms with Crippen LogP contribution in [0.1, 0.15) is 92.2 Å². The molecular formula is C49H66N4O9. The molecular weight excluding hydrogens is 789 g/mol. The Hall–Kier alpha value is -4.24. The maximum Gasteiger partial charge on any atom is 0.246 e. The lowest BCUT2D eigenvalue weighted by molar-refractivity contribution is -0.297. The van der Waals surface area contributed by atoms with E-state index >= 15 is 0 Å². The van der Waals surface area contributed by atoms with Crippen molar-refractivity contribution in [3.05, 3.63) is 78.3 Å². The number of aliphatic hydroxyl groups is 1. The average molecular weight is 855 g/mol. The van der Waals surface area contributed by atoms with Gasteiger partial charge in [0.15, 0.2) is 6.29 Å². The Morgan fingerprint density at radius 3 is 2.48 bits per heavy atom. The number of nitrogens with zero attached hydrogens (tertiary/aromatic N) is 3. The smallest absolute Gasteiger partial charge is 0.246 e. The van der Waals surface area contributed by atoms with Gasteiger partial charge in [-0.05, 0) is 82.8 Å². The molecule has 0 bridgehead atoms. The summed E-state index contributed by atoms with van der Waals surface area (Å²) in [5.41, 5.74) is 0.318. The lowest BCUT2D eigenvalue weighted by Crippen LogP contribution is -2.66. The van der Waals surface area contributed by atoms with Gasteiger partial charge in [0.2, 0.25) is 5.91 Å². The van der Waals surface area contributed by atoms with E-state index in [2.05, 4.69) is 20.2 Å². The van der Waals surface area contributed by atoms with Crippen molar-refractivity contribution in [3.63, 3.8) is 0 Å². The van der Waals surface area contributed by atoms with Crippen molar-refractivity contribution in [2.45, 2.75) is 136 Å². The Labute approximate surface area is 366 Å². The number of morpholine rings is 1. The van der Waals surface area contributed by atoms with Gasteiger partial charge < -0.3 is 29.4 Å². The normalized spacial score (nSPS) is 35.5. The maximum absolute atomic E-state index is 14.8. The van der Waals surface area contributed by atoms with Crippen molar-refractivity contribution >= 4 is 40.2 Å². The van der Waals surface area contributed by atoms with Crippen LogP contribution in [-0.4, -0.2) is 111 Å². The van der Waals surface area contributed by atoms with Crippen LogP contribution in [0.3, 0.4) is 0 Å². The largest absolute Gasteiger partial charge is 0.386 e. The fourth-order valence-electron chi connectivity index (χ4n) is 10.1. The van der Waals surface area contributed by atoms with Crippen molar-refractivity contribution < 1.29 is 43.2 Å².